The van der Waals surface area contributed by atoms with E-state index in [2.05, 4.69) is 10.1 Å². The van der Waals surface area contributed by atoms with Gasteiger partial charge < -0.3 is 14.5 Å². The topological polar surface area (TPSA) is 51.5 Å². The molecule has 0 aliphatic heterocycles. The molecule has 2 rings (SSSR count). The maximum atomic E-state index is 13.9. The van der Waals surface area contributed by atoms with Gasteiger partial charge in [-0.05, 0) is 24.7 Å². The van der Waals surface area contributed by atoms with Crippen molar-refractivity contribution in [2.45, 2.75) is 13.0 Å². The Bertz CT molecular complexity index is 640. The second-order valence-electron chi connectivity index (χ2n) is 4.33. The molecule has 0 aliphatic rings. The normalized spacial score (nSPS) is 12.2. The summed E-state index contributed by atoms with van der Waals surface area (Å²) in [5.41, 5.74) is 0.114. The Hall–Kier alpha value is -2.21. The zero-order chi connectivity index (χ0) is 15.4. The van der Waals surface area contributed by atoms with Gasteiger partial charge in [-0.2, -0.15) is 0 Å². The number of carbonyl (C=O) groups excluding carboxylic acids is 1. The van der Waals surface area contributed by atoms with Crippen LogP contribution in [-0.4, -0.2) is 19.6 Å². The van der Waals surface area contributed by atoms with E-state index in [-0.39, 0.29) is 11.3 Å². The van der Waals surface area contributed by atoms with E-state index < -0.39 is 23.6 Å². The van der Waals surface area contributed by atoms with Crippen LogP contribution in [0, 0.1) is 11.6 Å². The van der Waals surface area contributed by atoms with Gasteiger partial charge in [0.05, 0.1) is 13.2 Å². The lowest BCUT2D eigenvalue weighted by atomic mass is 10.0. The van der Waals surface area contributed by atoms with Crippen molar-refractivity contribution in [2.75, 3.05) is 13.7 Å². The number of benzene rings is 1. The molecule has 0 saturated carbocycles. The molecule has 2 aromatic rings. The minimum absolute atomic E-state index is 0.00668. The van der Waals surface area contributed by atoms with Crippen molar-refractivity contribution < 1.29 is 22.7 Å². The van der Waals surface area contributed by atoms with Crippen LogP contribution in [0.5, 0.6) is 0 Å². The molecule has 1 unspecified atom stereocenters. The summed E-state index contributed by atoms with van der Waals surface area (Å²) in [5, 5.41) is 3.00. The molecule has 0 radical (unpaired) electrons. The lowest BCUT2D eigenvalue weighted by Crippen LogP contribution is -2.23. The van der Waals surface area contributed by atoms with E-state index in [1.54, 1.807) is 0 Å². The highest BCUT2D eigenvalue weighted by molar-refractivity contribution is 5.86. The van der Waals surface area contributed by atoms with Crippen LogP contribution in [0.15, 0.2) is 34.7 Å². The van der Waals surface area contributed by atoms with E-state index in [1.807, 2.05) is 6.92 Å². The summed E-state index contributed by atoms with van der Waals surface area (Å²) in [7, 11) is 1.23. The summed E-state index contributed by atoms with van der Waals surface area (Å²) < 4.78 is 37.2. The minimum Gasteiger partial charge on any atom is -0.463 e. The van der Waals surface area contributed by atoms with E-state index >= 15 is 0 Å². The number of methoxy groups -OCH3 is 1. The summed E-state index contributed by atoms with van der Waals surface area (Å²) in [6, 6.07) is 6.20. The maximum absolute atomic E-state index is 13.9. The molecule has 1 aromatic carbocycles. The van der Waals surface area contributed by atoms with Crippen LogP contribution in [0.25, 0.3) is 0 Å². The number of halogens is 2. The van der Waals surface area contributed by atoms with Crippen molar-refractivity contribution in [1.29, 1.82) is 0 Å². The zero-order valence-electron chi connectivity index (χ0n) is 11.7. The monoisotopic (exact) mass is 295 g/mol. The van der Waals surface area contributed by atoms with Crippen LogP contribution >= 0.6 is 0 Å². The van der Waals surface area contributed by atoms with Crippen LogP contribution in [0.2, 0.25) is 0 Å². The maximum Gasteiger partial charge on any atom is 0.373 e. The summed E-state index contributed by atoms with van der Waals surface area (Å²) in [4.78, 5) is 11.4. The number of furan rings is 1. The molecular weight excluding hydrogens is 280 g/mol. The number of hydrogen-bond donors (Lipinski definition) is 1. The molecule has 0 fully saturated rings. The molecule has 6 heteroatoms. The molecule has 112 valence electrons. The largest absolute Gasteiger partial charge is 0.463 e. The van der Waals surface area contributed by atoms with Crippen molar-refractivity contribution in [3.63, 3.8) is 0 Å². The molecule has 4 nitrogen and oxygen atoms in total. The second kappa shape index (κ2) is 6.49. The van der Waals surface area contributed by atoms with E-state index in [0.717, 1.165) is 6.07 Å². The molecule has 0 spiro atoms. The van der Waals surface area contributed by atoms with Crippen molar-refractivity contribution in [3.8, 4) is 0 Å². The van der Waals surface area contributed by atoms with Crippen LogP contribution < -0.4 is 5.32 Å². The van der Waals surface area contributed by atoms with E-state index in [0.29, 0.717) is 12.3 Å². The molecule has 1 atom stereocenters. The van der Waals surface area contributed by atoms with Crippen LogP contribution in [0.4, 0.5) is 8.78 Å². The first-order valence-corrected chi connectivity index (χ1v) is 6.43. The highest BCUT2D eigenvalue weighted by Gasteiger charge is 2.23. The first-order valence-electron chi connectivity index (χ1n) is 6.43. The quantitative estimate of drug-likeness (QED) is 0.861. The third kappa shape index (κ3) is 3.11. The minimum atomic E-state index is -0.945. The number of ether oxygens (including phenoxy) is 1. The third-order valence-electron chi connectivity index (χ3n) is 3.00. The Kier molecular flexibility index (Phi) is 4.70. The Balaban J connectivity index is 2.41. The molecule has 0 saturated heterocycles. The summed E-state index contributed by atoms with van der Waals surface area (Å²) in [6.45, 7) is 2.34. The summed E-state index contributed by atoms with van der Waals surface area (Å²) in [6.07, 6.45) is 0. The van der Waals surface area contributed by atoms with Gasteiger partial charge >= 0.3 is 5.97 Å². The third-order valence-corrected chi connectivity index (χ3v) is 3.00. The summed E-state index contributed by atoms with van der Waals surface area (Å²) >= 11 is 0. The lowest BCUT2D eigenvalue weighted by molar-refractivity contribution is 0.0562. The molecular formula is C15H15F2NO3. The van der Waals surface area contributed by atoms with Gasteiger partial charge in [0, 0.05) is 5.56 Å². The highest BCUT2D eigenvalue weighted by Crippen LogP contribution is 2.27. The second-order valence-corrected chi connectivity index (χ2v) is 4.33. The molecule has 1 heterocycles. The zero-order valence-corrected chi connectivity index (χ0v) is 11.7. The van der Waals surface area contributed by atoms with E-state index in [4.69, 9.17) is 4.42 Å². The van der Waals surface area contributed by atoms with Crippen LogP contribution in [0.3, 0.4) is 0 Å². The average molecular weight is 295 g/mol. The molecule has 1 aromatic heterocycles. The first kappa shape index (κ1) is 15.2. The number of esters is 1. The fourth-order valence-electron chi connectivity index (χ4n) is 2.03. The van der Waals surface area contributed by atoms with Gasteiger partial charge in [-0.15, -0.1) is 0 Å². The molecule has 0 amide bonds. The highest BCUT2D eigenvalue weighted by atomic mass is 19.2. The fourth-order valence-corrected chi connectivity index (χ4v) is 2.03. The van der Waals surface area contributed by atoms with Gasteiger partial charge in [0.1, 0.15) is 5.76 Å². The number of rotatable bonds is 5. The van der Waals surface area contributed by atoms with Crippen molar-refractivity contribution in [1.82, 2.24) is 5.32 Å². The van der Waals surface area contributed by atoms with Crippen molar-refractivity contribution in [3.05, 3.63) is 59.1 Å². The van der Waals surface area contributed by atoms with Crippen LogP contribution in [-0.2, 0) is 4.74 Å². The van der Waals surface area contributed by atoms with E-state index in [9.17, 15) is 13.6 Å². The number of hydrogen-bond acceptors (Lipinski definition) is 4. The molecule has 21 heavy (non-hydrogen) atoms. The predicted molar refractivity (Wildman–Crippen MR) is 71.9 cm³/mol. The van der Waals surface area contributed by atoms with Crippen LogP contribution in [0.1, 0.15) is 34.8 Å². The average Bonchev–Trinajstić information content (AvgIpc) is 2.97. The van der Waals surface area contributed by atoms with Gasteiger partial charge in [-0.25, -0.2) is 13.6 Å². The van der Waals surface area contributed by atoms with Crippen molar-refractivity contribution >= 4 is 5.97 Å². The first-order chi connectivity index (χ1) is 10.1. The SMILES string of the molecule is CCNC(c1ccc(C(=O)OC)o1)c1cccc(F)c1F. The Morgan fingerprint density at radius 1 is 1.33 bits per heavy atom. The number of nitrogens with one attached hydrogen (secondary N) is 1. The fraction of sp³-hybridized carbons (Fsp3) is 0.267. The van der Waals surface area contributed by atoms with Gasteiger partial charge in [-0.1, -0.05) is 19.1 Å². The van der Waals surface area contributed by atoms with Gasteiger partial charge in [0.25, 0.3) is 0 Å². The Morgan fingerprint density at radius 3 is 2.76 bits per heavy atom. The lowest BCUT2D eigenvalue weighted by Gasteiger charge is -2.17. The smallest absolute Gasteiger partial charge is 0.373 e. The Labute approximate surface area is 120 Å². The molecule has 0 bridgehead atoms. The van der Waals surface area contributed by atoms with Gasteiger partial charge in [0.2, 0.25) is 5.76 Å². The molecule has 1 N–H and O–H groups in total. The van der Waals surface area contributed by atoms with Crippen molar-refractivity contribution in [2.24, 2.45) is 0 Å². The summed E-state index contributed by atoms with van der Waals surface area (Å²) in [5.74, 6) is -2.19. The van der Waals surface area contributed by atoms with Gasteiger partial charge in [0.15, 0.2) is 11.6 Å². The van der Waals surface area contributed by atoms with Gasteiger partial charge in [-0.3, -0.25) is 0 Å². The van der Waals surface area contributed by atoms with E-state index in [1.165, 1.54) is 31.4 Å². The Morgan fingerprint density at radius 2 is 2.10 bits per heavy atom. The standard InChI is InChI=1S/C15H15F2NO3/c1-3-18-14(9-5-4-6-10(16)13(9)17)11-7-8-12(21-11)15(19)20-2/h4-8,14,18H,3H2,1-2H3. The number of carbonyl (C=O) groups is 1. The molecule has 0 aliphatic carbocycles. The predicted octanol–water partition coefficient (Wildman–Crippen LogP) is 3.04.